The number of benzene rings is 2. The molecule has 4 saturated heterocycles. The number of hydrogen-bond donors (Lipinski definition) is 1. The van der Waals surface area contributed by atoms with E-state index < -0.39 is 19.7 Å². The highest BCUT2D eigenvalue weighted by molar-refractivity contribution is 6.78. The van der Waals surface area contributed by atoms with Gasteiger partial charge in [-0.2, -0.15) is 9.97 Å². The van der Waals surface area contributed by atoms with Crippen LogP contribution in [-0.2, 0) is 15.9 Å². The molecule has 0 radical (unpaired) electrons. The van der Waals surface area contributed by atoms with Crippen LogP contribution in [0.1, 0.15) is 112 Å². The Labute approximate surface area is 386 Å². The summed E-state index contributed by atoms with van der Waals surface area (Å²) in [5.74, 6) is 0.565. The number of aromatic nitrogens is 3. The fourth-order valence-corrected chi connectivity index (χ4v) is 18.0. The summed E-state index contributed by atoms with van der Waals surface area (Å²) >= 11 is 0. The maximum absolute atomic E-state index is 17.9. The highest BCUT2D eigenvalue weighted by Crippen LogP contribution is 2.47. The summed E-state index contributed by atoms with van der Waals surface area (Å²) in [6.45, 7) is 22.6. The zero-order chi connectivity index (χ0) is 46.4. The van der Waals surface area contributed by atoms with E-state index >= 15 is 8.78 Å². The van der Waals surface area contributed by atoms with E-state index in [2.05, 4.69) is 51.3 Å². The Balaban J connectivity index is 1.16. The Morgan fingerprint density at radius 2 is 1.60 bits per heavy atom. The van der Waals surface area contributed by atoms with Gasteiger partial charge in [0.2, 0.25) is 0 Å². The standard InChI is InChI=1S/C51H74F2N6O5Si/c1-11-39-42(52)15-14-36-26-38(64-65(32(2)3,33(4)5)34(6)7)27-40(43(36)39)45-44(53)46-41(28-54-45)47(58-22-12-19-50(8,60)30-58)56-49(55-46)63-31-51-20-13-23-59(51)37(16-21-51)29-57-24-17-35(18-25-57)48(61-9)62-10/h14-15,26-28,32-35,37,48,60H,11-13,16-25,29-31H2,1-10H3/t37-,50+,51-/m0/s1. The number of likely N-dealkylation sites (tertiary alicyclic amines) is 1. The molecule has 6 heterocycles. The number of aryl methyl sites for hydroxylation is 1. The van der Waals surface area contributed by atoms with Gasteiger partial charge in [0, 0.05) is 57.6 Å². The first kappa shape index (κ1) is 47.9. The lowest BCUT2D eigenvalue weighted by Gasteiger charge is -2.42. The minimum Gasteiger partial charge on any atom is -0.543 e. The van der Waals surface area contributed by atoms with Crippen molar-refractivity contribution >= 4 is 35.8 Å². The zero-order valence-corrected chi connectivity index (χ0v) is 41.7. The van der Waals surface area contributed by atoms with E-state index in [1.165, 1.54) is 6.07 Å². The number of β-amino-alcohol motifs (C(OH)–C–C–N with tert-alkyl or cyclic N) is 1. The predicted molar refractivity (Wildman–Crippen MR) is 257 cm³/mol. The molecule has 65 heavy (non-hydrogen) atoms. The van der Waals surface area contributed by atoms with Crippen molar-refractivity contribution in [1.29, 1.82) is 0 Å². The van der Waals surface area contributed by atoms with Gasteiger partial charge in [0.05, 0.1) is 16.5 Å². The third-order valence-electron chi connectivity index (χ3n) is 15.8. The largest absolute Gasteiger partial charge is 0.543 e. The van der Waals surface area contributed by atoms with Crippen LogP contribution in [0.2, 0.25) is 16.6 Å². The topological polar surface area (TPSA) is 106 Å². The first-order valence-electron chi connectivity index (χ1n) is 24.5. The molecule has 4 aliphatic heterocycles. The summed E-state index contributed by atoms with van der Waals surface area (Å²) in [5, 5.41) is 13.1. The number of fused-ring (bicyclic) bond motifs is 3. The molecule has 11 nitrogen and oxygen atoms in total. The van der Waals surface area contributed by atoms with Crippen LogP contribution in [0.4, 0.5) is 14.6 Å². The minimum atomic E-state index is -2.44. The van der Waals surface area contributed by atoms with Crippen molar-refractivity contribution in [3.8, 4) is 23.0 Å². The van der Waals surface area contributed by atoms with Gasteiger partial charge in [0.25, 0.3) is 8.32 Å². The molecule has 3 atom stereocenters. The lowest BCUT2D eigenvalue weighted by Crippen LogP contribution is -2.51. The van der Waals surface area contributed by atoms with Gasteiger partial charge in [0.1, 0.15) is 35.2 Å². The Bertz CT molecular complexity index is 2300. The monoisotopic (exact) mass is 917 g/mol. The Hall–Kier alpha value is -3.53. The molecule has 0 aliphatic carbocycles. The molecule has 0 unspecified atom stereocenters. The molecule has 0 amide bonds. The van der Waals surface area contributed by atoms with Crippen LogP contribution in [0, 0.1) is 17.6 Å². The molecule has 8 rings (SSSR count). The van der Waals surface area contributed by atoms with E-state index in [-0.39, 0.29) is 34.9 Å². The molecular weight excluding hydrogens is 843 g/mol. The molecular formula is C51H74F2N6O5Si. The molecule has 14 heteroatoms. The van der Waals surface area contributed by atoms with Gasteiger partial charge < -0.3 is 33.5 Å². The van der Waals surface area contributed by atoms with Gasteiger partial charge in [-0.3, -0.25) is 9.88 Å². The number of nitrogens with zero attached hydrogens (tertiary/aromatic N) is 6. The number of ether oxygens (including phenoxy) is 3. The van der Waals surface area contributed by atoms with Gasteiger partial charge in [-0.25, -0.2) is 8.78 Å². The number of halogens is 2. The molecule has 0 spiro atoms. The fourth-order valence-electron chi connectivity index (χ4n) is 12.7. The van der Waals surface area contributed by atoms with Gasteiger partial charge in [0.15, 0.2) is 12.1 Å². The second kappa shape index (κ2) is 19.2. The van der Waals surface area contributed by atoms with Crippen molar-refractivity contribution in [2.75, 3.05) is 65.0 Å². The van der Waals surface area contributed by atoms with Crippen molar-refractivity contribution < 1.29 is 32.5 Å². The van der Waals surface area contributed by atoms with E-state index in [0.29, 0.717) is 94.6 Å². The first-order valence-corrected chi connectivity index (χ1v) is 26.6. The van der Waals surface area contributed by atoms with Crippen molar-refractivity contribution in [2.45, 2.75) is 153 Å². The number of rotatable bonds is 16. The lowest BCUT2D eigenvalue weighted by molar-refractivity contribution is -0.147. The van der Waals surface area contributed by atoms with Crippen LogP contribution < -0.4 is 14.1 Å². The van der Waals surface area contributed by atoms with Crippen molar-refractivity contribution in [2.24, 2.45) is 5.92 Å². The SMILES string of the molecule is CCc1c(F)ccc2cc(O[Si](C(C)C)(C(C)C)C(C)C)cc(-c3ncc4c(N5CCC[C@@](C)(O)C5)nc(OC[C@@]56CCCN5[C@H](CN5CCC(C(OC)OC)CC5)CC6)nc4c3F)c12. The highest BCUT2D eigenvalue weighted by Gasteiger charge is 2.51. The number of piperidine rings is 2. The summed E-state index contributed by atoms with van der Waals surface area (Å²) in [6, 6.07) is 7.65. The second-order valence-corrected chi connectivity index (χ2v) is 26.3. The van der Waals surface area contributed by atoms with E-state index in [1.807, 2.05) is 30.9 Å². The van der Waals surface area contributed by atoms with Crippen LogP contribution in [0.3, 0.4) is 0 Å². The average molecular weight is 917 g/mol. The summed E-state index contributed by atoms with van der Waals surface area (Å²) in [5.41, 5.74) is 0.937. The lowest BCUT2D eigenvalue weighted by atomic mass is 9.94. The summed E-state index contributed by atoms with van der Waals surface area (Å²) < 4.78 is 58.7. The van der Waals surface area contributed by atoms with E-state index in [9.17, 15) is 5.11 Å². The van der Waals surface area contributed by atoms with Crippen LogP contribution in [0.15, 0.2) is 30.5 Å². The minimum absolute atomic E-state index is 0.0728. The molecule has 2 aromatic heterocycles. The maximum atomic E-state index is 17.9. The molecule has 4 aromatic rings. The molecule has 1 N–H and O–H groups in total. The van der Waals surface area contributed by atoms with Gasteiger partial charge in [-0.1, -0.05) is 54.5 Å². The summed E-state index contributed by atoms with van der Waals surface area (Å²) in [7, 11) is 1.01. The first-order chi connectivity index (χ1) is 31.0. The van der Waals surface area contributed by atoms with Crippen molar-refractivity contribution in [3.63, 3.8) is 0 Å². The number of hydrogen-bond acceptors (Lipinski definition) is 11. The summed E-state index contributed by atoms with van der Waals surface area (Å²) in [4.78, 5) is 22.0. The molecule has 356 valence electrons. The molecule has 0 saturated carbocycles. The third kappa shape index (κ3) is 9.13. The van der Waals surface area contributed by atoms with E-state index in [1.54, 1.807) is 26.5 Å². The number of methoxy groups -OCH3 is 2. The Morgan fingerprint density at radius 3 is 2.26 bits per heavy atom. The highest BCUT2D eigenvalue weighted by atomic mass is 28.4. The number of aliphatic hydroxyl groups is 1. The van der Waals surface area contributed by atoms with Gasteiger partial charge in [-0.05, 0) is 136 Å². The fraction of sp³-hybridized carbons (Fsp3) is 0.667. The zero-order valence-electron chi connectivity index (χ0n) is 40.7. The smallest absolute Gasteiger partial charge is 0.319 e. The normalized spacial score (nSPS) is 23.9. The summed E-state index contributed by atoms with van der Waals surface area (Å²) in [6.07, 6.45) is 9.62. The number of anilines is 1. The number of pyridine rings is 1. The maximum Gasteiger partial charge on any atom is 0.319 e. The van der Waals surface area contributed by atoms with Crippen LogP contribution in [-0.4, -0.2) is 122 Å². The van der Waals surface area contributed by atoms with Gasteiger partial charge >= 0.3 is 6.01 Å². The molecule has 4 fully saturated rings. The average Bonchev–Trinajstić information content (AvgIpc) is 3.84. The van der Waals surface area contributed by atoms with Gasteiger partial charge in [-0.15, -0.1) is 0 Å². The molecule has 2 aromatic carbocycles. The van der Waals surface area contributed by atoms with Crippen LogP contribution in [0.25, 0.3) is 32.9 Å². The van der Waals surface area contributed by atoms with Crippen LogP contribution >= 0.6 is 0 Å². The van der Waals surface area contributed by atoms with E-state index in [0.717, 1.165) is 76.5 Å². The van der Waals surface area contributed by atoms with Crippen molar-refractivity contribution in [1.82, 2.24) is 24.8 Å². The van der Waals surface area contributed by atoms with Crippen LogP contribution in [0.5, 0.6) is 11.8 Å². The quantitative estimate of drug-likeness (QED) is 0.0858. The Kier molecular flexibility index (Phi) is 14.2. The predicted octanol–water partition coefficient (Wildman–Crippen LogP) is 10.3. The third-order valence-corrected chi connectivity index (χ3v) is 21.8. The molecule has 4 aliphatic rings. The van der Waals surface area contributed by atoms with E-state index in [4.69, 9.17) is 33.6 Å². The second-order valence-electron chi connectivity index (χ2n) is 20.9. The molecule has 0 bridgehead atoms. The van der Waals surface area contributed by atoms with Crippen molar-refractivity contribution in [3.05, 3.63) is 47.7 Å². The Morgan fingerprint density at radius 1 is 0.892 bits per heavy atom.